The van der Waals surface area contributed by atoms with Gasteiger partial charge in [-0.3, -0.25) is 0 Å². The van der Waals surface area contributed by atoms with Gasteiger partial charge in [0, 0.05) is 0 Å². The molecular weight excluding hydrogens is 240 g/mol. The maximum absolute atomic E-state index is 8.12. The van der Waals surface area contributed by atoms with Crippen LogP contribution in [-0.4, -0.2) is 24.4 Å². The van der Waals surface area contributed by atoms with E-state index in [2.05, 4.69) is 18.3 Å². The van der Waals surface area contributed by atoms with E-state index in [1.54, 1.807) is 14.0 Å². The minimum absolute atomic E-state index is 0.142. The highest BCUT2D eigenvalue weighted by molar-refractivity contribution is 5.26. The molecule has 2 atom stereocenters. The van der Waals surface area contributed by atoms with Gasteiger partial charge >= 0.3 is 0 Å². The second-order valence-electron chi connectivity index (χ2n) is 3.81. The Bertz CT molecular complexity index is 421. The number of aliphatic hydroxyl groups excluding tert-OH is 1. The summed E-state index contributed by atoms with van der Waals surface area (Å²) in [5.41, 5.74) is 1.09. The Morgan fingerprint density at radius 2 is 1.68 bits per heavy atom. The van der Waals surface area contributed by atoms with Gasteiger partial charge in [0.1, 0.15) is 18.0 Å². The van der Waals surface area contributed by atoms with Crippen molar-refractivity contribution in [2.45, 2.75) is 32.7 Å². The van der Waals surface area contributed by atoms with Crippen LogP contribution in [-0.2, 0) is 11.3 Å². The van der Waals surface area contributed by atoms with Crippen LogP contribution in [0.1, 0.15) is 19.4 Å². The molecule has 0 amide bonds. The van der Waals surface area contributed by atoms with E-state index in [1.807, 2.05) is 31.2 Å². The molecule has 19 heavy (non-hydrogen) atoms. The largest absolute Gasteiger partial charge is 0.497 e. The molecule has 0 fully saturated rings. The van der Waals surface area contributed by atoms with Crippen molar-refractivity contribution in [1.82, 2.24) is 0 Å². The van der Waals surface area contributed by atoms with Gasteiger partial charge in [0.15, 0.2) is 0 Å². The standard InChI is InChI=1S/C12H14O2.C4H6O/c1-4-10(2)14-9-11-5-7-12(13-3)8-6-11;1-3-4(2)5/h1,5-8,10H,9H2,2-3H3;1,4-5H,2H3. The molecule has 1 N–H and O–H groups in total. The molecule has 1 aromatic carbocycles. The summed E-state index contributed by atoms with van der Waals surface area (Å²) in [6.07, 6.45) is 9.13. The summed E-state index contributed by atoms with van der Waals surface area (Å²) in [7, 11) is 1.64. The Hall–Kier alpha value is -1.94. The Kier molecular flexibility index (Phi) is 9.00. The predicted octanol–water partition coefficient (Wildman–Crippen LogP) is 2.23. The van der Waals surface area contributed by atoms with Crippen molar-refractivity contribution in [3.8, 4) is 30.4 Å². The minimum atomic E-state index is -0.588. The fourth-order valence-corrected chi connectivity index (χ4v) is 0.991. The van der Waals surface area contributed by atoms with E-state index in [-0.39, 0.29) is 6.10 Å². The molecule has 0 bridgehead atoms. The van der Waals surface area contributed by atoms with E-state index >= 15 is 0 Å². The predicted molar refractivity (Wildman–Crippen MR) is 76.6 cm³/mol. The Labute approximate surface area is 115 Å². The molecule has 0 aromatic heterocycles. The van der Waals surface area contributed by atoms with Crippen molar-refractivity contribution in [3.05, 3.63) is 29.8 Å². The van der Waals surface area contributed by atoms with Gasteiger partial charge < -0.3 is 14.6 Å². The molecule has 0 radical (unpaired) electrons. The van der Waals surface area contributed by atoms with Gasteiger partial charge in [-0.2, -0.15) is 0 Å². The number of hydrogen-bond donors (Lipinski definition) is 1. The highest BCUT2D eigenvalue weighted by atomic mass is 16.5. The minimum Gasteiger partial charge on any atom is -0.497 e. The average molecular weight is 260 g/mol. The summed E-state index contributed by atoms with van der Waals surface area (Å²) in [6.45, 7) is 3.93. The summed E-state index contributed by atoms with van der Waals surface area (Å²) < 4.78 is 10.4. The monoisotopic (exact) mass is 260 g/mol. The molecule has 0 aliphatic heterocycles. The third-order valence-corrected chi connectivity index (χ3v) is 2.13. The number of benzene rings is 1. The number of ether oxygens (including phenoxy) is 2. The van der Waals surface area contributed by atoms with E-state index in [0.717, 1.165) is 11.3 Å². The lowest BCUT2D eigenvalue weighted by Gasteiger charge is -2.07. The SMILES string of the molecule is C#CC(C)O.C#CC(C)OCc1ccc(OC)cc1. The van der Waals surface area contributed by atoms with Crippen LogP contribution < -0.4 is 4.74 Å². The van der Waals surface area contributed by atoms with Crippen LogP contribution in [0.2, 0.25) is 0 Å². The van der Waals surface area contributed by atoms with Crippen molar-refractivity contribution in [2.75, 3.05) is 7.11 Å². The van der Waals surface area contributed by atoms with Gasteiger partial charge in [0.25, 0.3) is 0 Å². The van der Waals surface area contributed by atoms with Gasteiger partial charge in [-0.05, 0) is 31.5 Å². The first-order valence-corrected chi connectivity index (χ1v) is 5.88. The Morgan fingerprint density at radius 3 is 2.05 bits per heavy atom. The normalized spacial score (nSPS) is 12.1. The topological polar surface area (TPSA) is 38.7 Å². The highest BCUT2D eigenvalue weighted by Gasteiger charge is 1.98. The van der Waals surface area contributed by atoms with Crippen LogP contribution in [0, 0.1) is 24.7 Å². The number of rotatable bonds is 4. The van der Waals surface area contributed by atoms with Gasteiger partial charge in [-0.15, -0.1) is 12.8 Å². The summed E-state index contributed by atoms with van der Waals surface area (Å²) in [4.78, 5) is 0. The van der Waals surface area contributed by atoms with E-state index in [0.29, 0.717) is 6.61 Å². The van der Waals surface area contributed by atoms with Crippen LogP contribution in [0.15, 0.2) is 24.3 Å². The second-order valence-corrected chi connectivity index (χ2v) is 3.81. The molecule has 1 aromatic rings. The first-order chi connectivity index (χ1) is 9.03. The molecule has 0 aliphatic carbocycles. The zero-order chi connectivity index (χ0) is 14.7. The molecule has 102 valence electrons. The summed E-state index contributed by atoms with van der Waals surface area (Å²) >= 11 is 0. The van der Waals surface area contributed by atoms with Gasteiger partial charge in [-0.1, -0.05) is 24.0 Å². The van der Waals surface area contributed by atoms with Crippen LogP contribution in [0.4, 0.5) is 0 Å². The Morgan fingerprint density at radius 1 is 1.16 bits per heavy atom. The zero-order valence-corrected chi connectivity index (χ0v) is 11.6. The van der Waals surface area contributed by atoms with Gasteiger partial charge in [0.05, 0.1) is 13.7 Å². The number of methoxy groups -OCH3 is 1. The highest BCUT2D eigenvalue weighted by Crippen LogP contribution is 2.12. The van der Waals surface area contributed by atoms with Crippen LogP contribution in [0.5, 0.6) is 5.75 Å². The van der Waals surface area contributed by atoms with Gasteiger partial charge in [0.2, 0.25) is 0 Å². The first-order valence-electron chi connectivity index (χ1n) is 5.88. The van der Waals surface area contributed by atoms with E-state index in [1.165, 1.54) is 0 Å². The summed E-state index contributed by atoms with van der Waals surface area (Å²) in [5, 5.41) is 8.12. The molecule has 0 saturated heterocycles. The molecule has 0 spiro atoms. The summed E-state index contributed by atoms with van der Waals surface area (Å²) in [5.74, 6) is 5.44. The van der Waals surface area contributed by atoms with Crippen molar-refractivity contribution in [1.29, 1.82) is 0 Å². The smallest absolute Gasteiger partial charge is 0.118 e. The molecule has 2 unspecified atom stereocenters. The fraction of sp³-hybridized carbons (Fsp3) is 0.375. The molecule has 0 saturated carbocycles. The molecular formula is C16H20O3. The van der Waals surface area contributed by atoms with Crippen molar-refractivity contribution in [2.24, 2.45) is 0 Å². The van der Waals surface area contributed by atoms with Crippen molar-refractivity contribution >= 4 is 0 Å². The third kappa shape index (κ3) is 8.74. The quantitative estimate of drug-likeness (QED) is 0.844. The first kappa shape index (κ1) is 17.1. The Balaban J connectivity index is 0.000000555. The zero-order valence-electron chi connectivity index (χ0n) is 11.6. The fourth-order valence-electron chi connectivity index (χ4n) is 0.991. The molecule has 3 nitrogen and oxygen atoms in total. The van der Waals surface area contributed by atoms with Crippen LogP contribution in [0.25, 0.3) is 0 Å². The van der Waals surface area contributed by atoms with Crippen LogP contribution in [0.3, 0.4) is 0 Å². The molecule has 3 heteroatoms. The molecule has 0 aliphatic rings. The lowest BCUT2D eigenvalue weighted by atomic mass is 10.2. The van der Waals surface area contributed by atoms with Crippen LogP contribution >= 0.6 is 0 Å². The lowest BCUT2D eigenvalue weighted by molar-refractivity contribution is 0.0901. The second kappa shape index (κ2) is 10.0. The summed E-state index contributed by atoms with van der Waals surface area (Å²) in [6, 6.07) is 7.72. The van der Waals surface area contributed by atoms with Crippen molar-refractivity contribution < 1.29 is 14.6 Å². The number of hydrogen-bond acceptors (Lipinski definition) is 3. The van der Waals surface area contributed by atoms with Gasteiger partial charge in [-0.25, -0.2) is 0 Å². The molecule has 1 rings (SSSR count). The maximum Gasteiger partial charge on any atom is 0.118 e. The number of terminal acetylenes is 2. The van der Waals surface area contributed by atoms with E-state index in [9.17, 15) is 0 Å². The average Bonchev–Trinajstić information content (AvgIpc) is 2.45. The number of aliphatic hydroxyl groups is 1. The van der Waals surface area contributed by atoms with E-state index < -0.39 is 6.10 Å². The van der Waals surface area contributed by atoms with E-state index in [4.69, 9.17) is 21.0 Å². The maximum atomic E-state index is 8.12. The van der Waals surface area contributed by atoms with Crippen molar-refractivity contribution in [3.63, 3.8) is 0 Å². The lowest BCUT2D eigenvalue weighted by Crippen LogP contribution is -2.04. The third-order valence-electron chi connectivity index (χ3n) is 2.13. The molecule has 0 heterocycles.